The Morgan fingerprint density at radius 1 is 0.632 bits per heavy atom. The number of hydrogen-bond donors (Lipinski definition) is 4. The molecule has 2 heterocycles. The topological polar surface area (TPSA) is 107 Å². The van der Waals surface area contributed by atoms with Crippen molar-refractivity contribution in [1.82, 2.24) is 9.97 Å². The maximum Gasteiger partial charge on any atom is 0.488 e. The van der Waals surface area contributed by atoms with Gasteiger partial charge in [-0.15, -0.1) is 0 Å². The largest absolute Gasteiger partial charge is 0.508 e. The maximum atomic E-state index is 9.27. The lowest BCUT2D eigenvalue weighted by molar-refractivity contribution is 0.425. The van der Waals surface area contributed by atoms with Crippen LogP contribution in [0.5, 0.6) is 11.5 Å². The second-order valence-corrected chi connectivity index (χ2v) is 11.2. The van der Waals surface area contributed by atoms with Crippen molar-refractivity contribution in [3.63, 3.8) is 0 Å². The monoisotopic (exact) mass is 534 g/mol. The fourth-order valence-corrected chi connectivity index (χ4v) is 3.38. The van der Waals surface area contributed by atoms with Crippen molar-refractivity contribution in [1.29, 1.82) is 0 Å². The third-order valence-corrected chi connectivity index (χ3v) is 5.78. The Hall–Kier alpha value is -3.39. The molecule has 0 aliphatic carbocycles. The van der Waals surface area contributed by atoms with Gasteiger partial charge in [0.2, 0.25) is 0 Å². The van der Waals surface area contributed by atoms with Gasteiger partial charge in [0.15, 0.2) is 0 Å². The van der Waals surface area contributed by atoms with E-state index in [1.165, 1.54) is 35.4 Å². The van der Waals surface area contributed by atoms with Crippen molar-refractivity contribution in [3.8, 4) is 22.8 Å². The summed E-state index contributed by atoms with van der Waals surface area (Å²) < 4.78 is 0. The Bertz CT molecular complexity index is 1280. The number of aromatic hydroxyl groups is 2. The van der Waals surface area contributed by atoms with Crippen molar-refractivity contribution >= 4 is 24.2 Å². The molecule has 0 amide bonds. The van der Waals surface area contributed by atoms with Crippen LogP contribution in [0.15, 0.2) is 85.2 Å². The molecule has 2 aromatic heterocycles. The molecule has 0 spiro atoms. The summed E-state index contributed by atoms with van der Waals surface area (Å²) in [6, 6.07) is 20.9. The molecule has 200 valence electrons. The molecule has 0 unspecified atom stereocenters. The summed E-state index contributed by atoms with van der Waals surface area (Å²) >= 11 is 5.74. The number of rotatable bonds is 2. The molecule has 0 saturated heterocycles. The summed E-state index contributed by atoms with van der Waals surface area (Å²) in [4.78, 5) is 8.29. The highest BCUT2D eigenvalue weighted by atomic mass is 35.5. The zero-order valence-corrected chi connectivity index (χ0v) is 23.5. The normalized spacial score (nSPS) is 11.0. The van der Waals surface area contributed by atoms with E-state index in [1.54, 1.807) is 18.3 Å². The molecule has 2 aromatic carbocycles. The summed E-state index contributed by atoms with van der Waals surface area (Å²) in [5.74, 6) is 0.394. The highest BCUT2D eigenvalue weighted by Crippen LogP contribution is 2.27. The van der Waals surface area contributed by atoms with Crippen LogP contribution >= 0.6 is 11.6 Å². The number of nitrogens with zero attached hydrogens (tertiary/aromatic N) is 2. The molecular weight excluding hydrogens is 499 g/mol. The van der Waals surface area contributed by atoms with Crippen molar-refractivity contribution < 1.29 is 20.3 Å². The van der Waals surface area contributed by atoms with E-state index in [4.69, 9.17) is 26.8 Å². The summed E-state index contributed by atoms with van der Waals surface area (Å²) in [5.41, 5.74) is 5.10. The number of halogens is 1. The van der Waals surface area contributed by atoms with Crippen LogP contribution in [0.3, 0.4) is 0 Å². The van der Waals surface area contributed by atoms with Gasteiger partial charge in [0.1, 0.15) is 16.7 Å². The van der Waals surface area contributed by atoms with Crippen LogP contribution in [0.2, 0.25) is 5.15 Å². The van der Waals surface area contributed by atoms with Gasteiger partial charge >= 0.3 is 7.12 Å². The van der Waals surface area contributed by atoms with E-state index in [2.05, 4.69) is 57.6 Å². The van der Waals surface area contributed by atoms with Gasteiger partial charge in [-0.25, -0.2) is 4.98 Å². The first-order chi connectivity index (χ1) is 17.7. The van der Waals surface area contributed by atoms with Crippen LogP contribution in [0.4, 0.5) is 0 Å². The van der Waals surface area contributed by atoms with Crippen molar-refractivity contribution in [2.24, 2.45) is 0 Å². The number of hydrogen-bond acceptors (Lipinski definition) is 6. The van der Waals surface area contributed by atoms with Crippen LogP contribution in [0.25, 0.3) is 11.3 Å². The molecule has 4 rings (SSSR count). The lowest BCUT2D eigenvalue weighted by Crippen LogP contribution is -2.29. The first-order valence-corrected chi connectivity index (χ1v) is 12.6. The first-order valence-electron chi connectivity index (χ1n) is 12.2. The minimum atomic E-state index is -1.46. The van der Waals surface area contributed by atoms with E-state index in [0.717, 1.165) is 11.3 Å². The number of phenols is 2. The standard InChI is InChI=1S/C15H17NO.C9H12ClN.C6H7BO3/c1-15(2,3)12-8-9-16-14(10-12)11-4-6-13(17)7-5-11;1-9(2,3)7-4-5-11-8(10)6-7;8-6-3-1-5(2-4-6)7(9)10/h4-10,17H,1-3H3;4-6H,1-3H3;1-4,8-10H. The van der Waals surface area contributed by atoms with Crippen LogP contribution in [0.1, 0.15) is 52.7 Å². The lowest BCUT2D eigenvalue weighted by Gasteiger charge is -2.19. The quantitative estimate of drug-likeness (QED) is 0.190. The van der Waals surface area contributed by atoms with Crippen molar-refractivity contribution in [2.45, 2.75) is 52.4 Å². The molecule has 0 fully saturated rings. The number of phenolic OH excluding ortho intramolecular Hbond substituents is 2. The predicted octanol–water partition coefficient (Wildman–Crippen LogP) is 5.86. The Labute approximate surface area is 230 Å². The molecule has 0 atom stereocenters. The molecule has 0 saturated carbocycles. The highest BCUT2D eigenvalue weighted by Gasteiger charge is 2.15. The van der Waals surface area contributed by atoms with Gasteiger partial charge in [0, 0.05) is 18.0 Å². The van der Waals surface area contributed by atoms with E-state index >= 15 is 0 Å². The molecule has 0 aliphatic rings. The zero-order chi connectivity index (χ0) is 28.5. The fraction of sp³-hybridized carbons (Fsp3) is 0.267. The highest BCUT2D eigenvalue weighted by molar-refractivity contribution is 6.58. The van der Waals surface area contributed by atoms with Gasteiger partial charge in [-0.1, -0.05) is 65.3 Å². The summed E-state index contributed by atoms with van der Waals surface area (Å²) in [6.45, 7) is 13.0. The Balaban J connectivity index is 0.000000211. The van der Waals surface area contributed by atoms with E-state index in [-0.39, 0.29) is 22.3 Å². The van der Waals surface area contributed by atoms with Gasteiger partial charge in [-0.3, -0.25) is 4.98 Å². The van der Waals surface area contributed by atoms with Crippen LogP contribution < -0.4 is 5.46 Å². The van der Waals surface area contributed by atoms with E-state index in [1.807, 2.05) is 36.5 Å². The number of aromatic nitrogens is 2. The van der Waals surface area contributed by atoms with Gasteiger partial charge < -0.3 is 20.3 Å². The van der Waals surface area contributed by atoms with E-state index < -0.39 is 7.12 Å². The molecule has 38 heavy (non-hydrogen) atoms. The second-order valence-electron chi connectivity index (χ2n) is 10.8. The van der Waals surface area contributed by atoms with Gasteiger partial charge in [-0.05, 0) is 88.1 Å². The van der Waals surface area contributed by atoms with Gasteiger partial charge in [0.05, 0.1) is 5.69 Å². The van der Waals surface area contributed by atoms with Crippen molar-refractivity contribution in [2.75, 3.05) is 0 Å². The molecule has 4 aromatic rings. The molecule has 8 heteroatoms. The van der Waals surface area contributed by atoms with Gasteiger partial charge in [0.25, 0.3) is 0 Å². The maximum absolute atomic E-state index is 9.27. The molecule has 4 N–H and O–H groups in total. The van der Waals surface area contributed by atoms with E-state index in [9.17, 15) is 5.11 Å². The first kappa shape index (κ1) is 30.8. The summed E-state index contributed by atoms with van der Waals surface area (Å²) in [6.07, 6.45) is 3.58. The van der Waals surface area contributed by atoms with Crippen LogP contribution in [-0.4, -0.2) is 37.3 Å². The van der Waals surface area contributed by atoms with Crippen LogP contribution in [0, 0.1) is 0 Å². The summed E-state index contributed by atoms with van der Waals surface area (Å²) in [5, 5.41) is 35.8. The summed E-state index contributed by atoms with van der Waals surface area (Å²) in [7, 11) is -1.46. The molecular formula is C30H36BClN2O4. The predicted molar refractivity (Wildman–Crippen MR) is 156 cm³/mol. The van der Waals surface area contributed by atoms with E-state index in [0.29, 0.717) is 10.6 Å². The average Bonchev–Trinajstić information content (AvgIpc) is 2.85. The van der Waals surface area contributed by atoms with Crippen molar-refractivity contribution in [3.05, 3.63) is 101 Å². The number of benzene rings is 2. The Morgan fingerprint density at radius 3 is 1.50 bits per heavy atom. The third kappa shape index (κ3) is 10.2. The molecule has 0 aliphatic heterocycles. The smallest absolute Gasteiger partial charge is 0.488 e. The Morgan fingerprint density at radius 2 is 1.08 bits per heavy atom. The van der Waals surface area contributed by atoms with Gasteiger partial charge in [-0.2, -0.15) is 0 Å². The lowest BCUT2D eigenvalue weighted by atomic mass is 9.80. The zero-order valence-electron chi connectivity index (χ0n) is 22.7. The minimum absolute atomic E-state index is 0.115. The molecule has 0 radical (unpaired) electrons. The Kier molecular flexibility index (Phi) is 10.9. The minimum Gasteiger partial charge on any atom is -0.508 e. The van der Waals surface area contributed by atoms with Crippen LogP contribution in [-0.2, 0) is 10.8 Å². The third-order valence-electron chi connectivity index (χ3n) is 5.57. The number of pyridine rings is 2. The molecule has 0 bridgehead atoms. The average molecular weight is 535 g/mol. The fourth-order valence-electron chi connectivity index (χ4n) is 3.20. The molecule has 6 nitrogen and oxygen atoms in total. The second kappa shape index (κ2) is 13.4. The SMILES string of the molecule is CC(C)(C)c1ccnc(-c2ccc(O)cc2)c1.CC(C)(C)c1ccnc(Cl)c1.OB(O)c1ccc(O)cc1.